The number of hydrogen-bond acceptors (Lipinski definition) is 5. The van der Waals surface area contributed by atoms with E-state index in [-0.39, 0.29) is 16.1 Å². The fourth-order valence-electron chi connectivity index (χ4n) is 2.55. The van der Waals surface area contributed by atoms with Crippen LogP contribution >= 0.6 is 11.6 Å². The van der Waals surface area contributed by atoms with Gasteiger partial charge in [-0.2, -0.15) is 0 Å². The van der Waals surface area contributed by atoms with E-state index in [1.54, 1.807) is 12.1 Å². The topological polar surface area (TPSA) is 87.8 Å². The van der Waals surface area contributed by atoms with Crippen LogP contribution in [0.2, 0.25) is 5.02 Å². The number of methoxy groups -OCH3 is 1. The molecule has 0 fully saturated rings. The largest absolute Gasteiger partial charge is 0.489 e. The Morgan fingerprint density at radius 2 is 1.66 bits per heavy atom. The third-order valence-electron chi connectivity index (χ3n) is 3.99. The summed E-state index contributed by atoms with van der Waals surface area (Å²) in [4.78, 5) is 23.3. The number of rotatable bonds is 7. The van der Waals surface area contributed by atoms with E-state index in [1.807, 2.05) is 30.3 Å². The lowest BCUT2D eigenvalue weighted by atomic mass is 10.2. The second-order valence-corrected chi connectivity index (χ2v) is 6.48. The molecule has 3 aromatic rings. The molecule has 0 aliphatic heterocycles. The molecule has 7 heteroatoms. The molecule has 3 rings (SSSR count). The van der Waals surface area contributed by atoms with Gasteiger partial charge in [-0.15, -0.1) is 0 Å². The number of amides is 1. The van der Waals surface area contributed by atoms with Crippen molar-refractivity contribution in [3.8, 4) is 17.2 Å². The molecule has 0 bridgehead atoms. The van der Waals surface area contributed by atoms with E-state index < -0.39 is 11.9 Å². The van der Waals surface area contributed by atoms with Gasteiger partial charge in [0, 0.05) is 11.6 Å². The zero-order valence-electron chi connectivity index (χ0n) is 15.6. The van der Waals surface area contributed by atoms with Crippen molar-refractivity contribution in [1.29, 1.82) is 0 Å². The molecule has 1 amide bonds. The Morgan fingerprint density at radius 3 is 2.31 bits per heavy atom. The van der Waals surface area contributed by atoms with Crippen molar-refractivity contribution in [1.82, 2.24) is 0 Å². The maximum Gasteiger partial charge on any atom is 0.338 e. The molecule has 0 unspecified atom stereocenters. The minimum absolute atomic E-state index is 0.205. The number of esters is 1. The third-order valence-corrected chi connectivity index (χ3v) is 4.29. The van der Waals surface area contributed by atoms with E-state index in [9.17, 15) is 9.59 Å². The Bertz CT molecular complexity index is 1040. The summed E-state index contributed by atoms with van der Waals surface area (Å²) in [6, 6.07) is 18.8. The lowest BCUT2D eigenvalue weighted by Gasteiger charge is -2.13. The normalized spacial score (nSPS) is 10.3. The summed E-state index contributed by atoms with van der Waals surface area (Å²) in [5.74, 6) is -0.0769. The van der Waals surface area contributed by atoms with Crippen LogP contribution in [0.25, 0.3) is 0 Å². The molecule has 0 heterocycles. The predicted octanol–water partition coefficient (Wildman–Crippen LogP) is 4.60. The van der Waals surface area contributed by atoms with Crippen molar-refractivity contribution in [2.24, 2.45) is 5.73 Å². The van der Waals surface area contributed by atoms with E-state index in [1.165, 1.54) is 31.4 Å². The highest BCUT2D eigenvalue weighted by molar-refractivity contribution is 6.32. The van der Waals surface area contributed by atoms with Crippen LogP contribution < -0.4 is 15.2 Å². The molecule has 2 N–H and O–H groups in total. The van der Waals surface area contributed by atoms with Gasteiger partial charge in [-0.05, 0) is 35.9 Å². The Kier molecular flexibility index (Phi) is 6.36. The summed E-state index contributed by atoms with van der Waals surface area (Å²) in [7, 11) is 1.29. The first-order valence-electron chi connectivity index (χ1n) is 8.63. The maximum absolute atomic E-state index is 12.0. The summed E-state index contributed by atoms with van der Waals surface area (Å²) in [5, 5.41) is 0.205. The van der Waals surface area contributed by atoms with Crippen molar-refractivity contribution >= 4 is 23.5 Å². The smallest absolute Gasteiger partial charge is 0.338 e. The van der Waals surface area contributed by atoms with Gasteiger partial charge in [0.15, 0.2) is 0 Å². The highest BCUT2D eigenvalue weighted by atomic mass is 35.5. The molecule has 0 atom stereocenters. The average Bonchev–Trinajstić information content (AvgIpc) is 2.73. The van der Waals surface area contributed by atoms with Crippen LogP contribution in [0.4, 0.5) is 0 Å². The standard InChI is InChI=1S/C22H18ClNO5/c1-27-22(26)16-9-17(28-13-14-5-3-2-4-6-14)12-18(10-16)29-20-8-7-15(21(24)25)11-19(20)23/h2-12H,13H2,1H3,(H2,24,25). The molecule has 0 aliphatic carbocycles. The lowest BCUT2D eigenvalue weighted by molar-refractivity contribution is 0.0599. The van der Waals surface area contributed by atoms with Crippen molar-refractivity contribution in [2.45, 2.75) is 6.61 Å². The van der Waals surface area contributed by atoms with Crippen molar-refractivity contribution in [3.63, 3.8) is 0 Å². The first kappa shape index (κ1) is 20.2. The van der Waals surface area contributed by atoms with Gasteiger partial charge < -0.3 is 19.9 Å². The van der Waals surface area contributed by atoms with Gasteiger partial charge in [0.2, 0.25) is 5.91 Å². The number of benzene rings is 3. The number of hydrogen-bond donors (Lipinski definition) is 1. The number of carbonyl (C=O) groups is 2. The van der Waals surface area contributed by atoms with Crippen molar-refractivity contribution < 1.29 is 23.8 Å². The first-order valence-corrected chi connectivity index (χ1v) is 9.01. The molecule has 0 radical (unpaired) electrons. The first-order chi connectivity index (χ1) is 14.0. The molecule has 0 aromatic heterocycles. The number of ether oxygens (including phenoxy) is 3. The summed E-state index contributed by atoms with van der Waals surface area (Å²) >= 11 is 6.18. The van der Waals surface area contributed by atoms with Gasteiger partial charge in [-0.3, -0.25) is 4.79 Å². The van der Waals surface area contributed by atoms with E-state index in [4.69, 9.17) is 31.5 Å². The van der Waals surface area contributed by atoms with Gasteiger partial charge >= 0.3 is 5.97 Å². The van der Waals surface area contributed by atoms with Crippen LogP contribution in [0.1, 0.15) is 26.3 Å². The van der Waals surface area contributed by atoms with E-state index in [0.717, 1.165) is 5.56 Å². The van der Waals surface area contributed by atoms with Gasteiger partial charge in [-0.25, -0.2) is 4.79 Å². The monoisotopic (exact) mass is 411 g/mol. The Balaban J connectivity index is 1.87. The molecule has 148 valence electrons. The van der Waals surface area contributed by atoms with Crippen LogP contribution in [-0.4, -0.2) is 19.0 Å². The molecule has 0 spiro atoms. The van der Waals surface area contributed by atoms with Crippen LogP contribution in [0.15, 0.2) is 66.7 Å². The Labute approximate surface area is 172 Å². The summed E-state index contributed by atoms with van der Waals surface area (Å²) in [6.45, 7) is 0.318. The van der Waals surface area contributed by atoms with Gasteiger partial charge in [0.1, 0.15) is 23.9 Å². The predicted molar refractivity (Wildman–Crippen MR) is 109 cm³/mol. The molecule has 0 saturated heterocycles. The highest BCUT2D eigenvalue weighted by Gasteiger charge is 2.13. The van der Waals surface area contributed by atoms with Crippen LogP contribution in [0.3, 0.4) is 0 Å². The van der Waals surface area contributed by atoms with Gasteiger partial charge in [-0.1, -0.05) is 41.9 Å². The van der Waals surface area contributed by atoms with Crippen LogP contribution in [0, 0.1) is 0 Å². The third kappa shape index (κ3) is 5.27. The Morgan fingerprint density at radius 1 is 0.931 bits per heavy atom. The van der Waals surface area contributed by atoms with Crippen LogP contribution in [-0.2, 0) is 11.3 Å². The molecule has 6 nitrogen and oxygen atoms in total. The minimum Gasteiger partial charge on any atom is -0.489 e. The quantitative estimate of drug-likeness (QED) is 0.574. The van der Waals surface area contributed by atoms with E-state index in [2.05, 4.69) is 0 Å². The molecular formula is C22H18ClNO5. The summed E-state index contributed by atoms with van der Waals surface area (Å²) in [5.41, 5.74) is 6.75. The number of carbonyl (C=O) groups excluding carboxylic acids is 2. The second kappa shape index (κ2) is 9.12. The number of primary amides is 1. The van der Waals surface area contributed by atoms with Crippen molar-refractivity contribution in [2.75, 3.05) is 7.11 Å². The number of halogens is 1. The Hall–Kier alpha value is -3.51. The van der Waals surface area contributed by atoms with E-state index >= 15 is 0 Å². The van der Waals surface area contributed by atoms with Crippen LogP contribution in [0.5, 0.6) is 17.2 Å². The van der Waals surface area contributed by atoms with Crippen molar-refractivity contribution in [3.05, 3.63) is 88.4 Å². The molecule has 3 aromatic carbocycles. The average molecular weight is 412 g/mol. The SMILES string of the molecule is COC(=O)c1cc(OCc2ccccc2)cc(Oc2ccc(C(N)=O)cc2Cl)c1. The molecule has 0 aliphatic rings. The molecule has 0 saturated carbocycles. The lowest BCUT2D eigenvalue weighted by Crippen LogP contribution is -2.10. The fourth-order valence-corrected chi connectivity index (χ4v) is 2.77. The summed E-state index contributed by atoms with van der Waals surface area (Å²) < 4.78 is 16.4. The highest BCUT2D eigenvalue weighted by Crippen LogP contribution is 2.33. The molecular weight excluding hydrogens is 394 g/mol. The van der Waals surface area contributed by atoms with Gasteiger partial charge in [0.25, 0.3) is 0 Å². The number of nitrogens with two attached hydrogens (primary N) is 1. The fraction of sp³-hybridized carbons (Fsp3) is 0.0909. The summed E-state index contributed by atoms with van der Waals surface area (Å²) in [6.07, 6.45) is 0. The zero-order valence-corrected chi connectivity index (χ0v) is 16.3. The van der Waals surface area contributed by atoms with Gasteiger partial charge in [0.05, 0.1) is 17.7 Å². The zero-order chi connectivity index (χ0) is 20.8. The maximum atomic E-state index is 12.0. The second-order valence-electron chi connectivity index (χ2n) is 6.07. The minimum atomic E-state index is -0.595. The van der Waals surface area contributed by atoms with E-state index in [0.29, 0.717) is 23.9 Å². The molecule has 29 heavy (non-hydrogen) atoms.